The Kier molecular flexibility index (Phi) is 7.11. The molecule has 0 heterocycles. The van der Waals surface area contributed by atoms with E-state index in [-0.39, 0.29) is 11.9 Å². The predicted octanol–water partition coefficient (Wildman–Crippen LogP) is 3.80. The minimum atomic E-state index is -0.650. The SMILES string of the molecule is CCCC(CCC)(C(=O)NC1CC(C)CC(C)C1)C(N)=S. The summed E-state index contributed by atoms with van der Waals surface area (Å²) >= 11 is 5.27. The molecule has 0 saturated heterocycles. The smallest absolute Gasteiger partial charge is 0.233 e. The van der Waals surface area contributed by atoms with Crippen molar-refractivity contribution in [3.05, 3.63) is 0 Å². The second-order valence-electron chi connectivity index (χ2n) is 7.03. The highest BCUT2D eigenvalue weighted by atomic mass is 32.1. The lowest BCUT2D eigenvalue weighted by atomic mass is 9.76. The van der Waals surface area contributed by atoms with Crippen LogP contribution in [0.15, 0.2) is 0 Å². The van der Waals surface area contributed by atoms with Gasteiger partial charge in [0.05, 0.1) is 10.4 Å². The number of nitrogens with two attached hydrogens (primary N) is 1. The quantitative estimate of drug-likeness (QED) is 0.703. The van der Waals surface area contributed by atoms with Crippen molar-refractivity contribution in [3.8, 4) is 0 Å². The molecule has 4 heteroatoms. The molecule has 2 unspecified atom stereocenters. The Hall–Kier alpha value is -0.640. The van der Waals surface area contributed by atoms with Gasteiger partial charge in [-0.1, -0.05) is 52.8 Å². The molecule has 1 rings (SSSR count). The summed E-state index contributed by atoms with van der Waals surface area (Å²) in [4.78, 5) is 13.3. The fraction of sp³-hybridized carbons (Fsp3) is 0.882. The maximum Gasteiger partial charge on any atom is 0.233 e. The standard InChI is InChI=1S/C17H32N2OS/c1-5-7-17(8-6-2,15(18)21)16(20)19-14-10-12(3)9-13(4)11-14/h12-14H,5-11H2,1-4H3,(H2,18,21)(H,19,20). The van der Waals surface area contributed by atoms with Gasteiger partial charge < -0.3 is 11.1 Å². The Morgan fingerprint density at radius 3 is 2.00 bits per heavy atom. The molecule has 3 N–H and O–H groups in total. The van der Waals surface area contributed by atoms with Crippen molar-refractivity contribution in [3.63, 3.8) is 0 Å². The summed E-state index contributed by atoms with van der Waals surface area (Å²) in [5.41, 5.74) is 5.33. The van der Waals surface area contributed by atoms with Gasteiger partial charge in [0.1, 0.15) is 0 Å². The summed E-state index contributed by atoms with van der Waals surface area (Å²) < 4.78 is 0. The number of hydrogen-bond acceptors (Lipinski definition) is 2. The molecule has 0 aromatic rings. The van der Waals surface area contributed by atoms with Crippen LogP contribution in [0.5, 0.6) is 0 Å². The molecule has 0 aliphatic heterocycles. The first-order chi connectivity index (χ1) is 9.85. The van der Waals surface area contributed by atoms with E-state index in [1.165, 1.54) is 6.42 Å². The van der Waals surface area contributed by atoms with Gasteiger partial charge >= 0.3 is 0 Å². The van der Waals surface area contributed by atoms with E-state index in [1.54, 1.807) is 0 Å². The fourth-order valence-electron chi connectivity index (χ4n) is 3.95. The number of carbonyl (C=O) groups excluding carboxylic acids is 1. The van der Waals surface area contributed by atoms with Gasteiger partial charge in [0, 0.05) is 6.04 Å². The van der Waals surface area contributed by atoms with Crippen LogP contribution in [0.25, 0.3) is 0 Å². The molecule has 0 spiro atoms. The number of rotatable bonds is 7. The molecule has 1 aliphatic rings. The summed E-state index contributed by atoms with van der Waals surface area (Å²) in [5, 5.41) is 3.27. The molecule has 2 atom stereocenters. The van der Waals surface area contributed by atoms with E-state index in [4.69, 9.17) is 18.0 Å². The van der Waals surface area contributed by atoms with Crippen LogP contribution < -0.4 is 11.1 Å². The lowest BCUT2D eigenvalue weighted by molar-refractivity contribution is -0.129. The number of hydrogen-bond donors (Lipinski definition) is 2. The molecule has 0 bridgehead atoms. The van der Waals surface area contributed by atoms with E-state index >= 15 is 0 Å². The predicted molar refractivity (Wildman–Crippen MR) is 93.1 cm³/mol. The van der Waals surface area contributed by atoms with E-state index in [0.29, 0.717) is 16.8 Å². The average Bonchev–Trinajstić information content (AvgIpc) is 2.36. The molecule has 1 aliphatic carbocycles. The summed E-state index contributed by atoms with van der Waals surface area (Å²) in [5.74, 6) is 1.41. The van der Waals surface area contributed by atoms with E-state index in [2.05, 4.69) is 33.0 Å². The Balaban J connectivity index is 2.82. The first kappa shape index (κ1) is 18.4. The van der Waals surface area contributed by atoms with Gasteiger partial charge in [-0.15, -0.1) is 0 Å². The van der Waals surface area contributed by atoms with Crippen LogP contribution in [0.1, 0.15) is 72.6 Å². The topological polar surface area (TPSA) is 55.1 Å². The third kappa shape index (κ3) is 4.67. The van der Waals surface area contributed by atoms with Crippen molar-refractivity contribution in [1.82, 2.24) is 5.32 Å². The van der Waals surface area contributed by atoms with Gasteiger partial charge in [-0.05, 0) is 43.9 Å². The molecule has 1 saturated carbocycles. The number of amides is 1. The first-order valence-electron chi connectivity index (χ1n) is 8.46. The highest BCUT2D eigenvalue weighted by Crippen LogP contribution is 2.33. The highest BCUT2D eigenvalue weighted by Gasteiger charge is 2.41. The van der Waals surface area contributed by atoms with E-state index in [0.717, 1.165) is 38.5 Å². The second-order valence-corrected chi connectivity index (χ2v) is 7.47. The molecule has 3 nitrogen and oxygen atoms in total. The zero-order valence-corrected chi connectivity index (χ0v) is 14.9. The van der Waals surface area contributed by atoms with Crippen molar-refractivity contribution >= 4 is 23.1 Å². The minimum absolute atomic E-state index is 0.0602. The molecular formula is C17H32N2OS. The van der Waals surface area contributed by atoms with Crippen LogP contribution in [-0.4, -0.2) is 16.9 Å². The van der Waals surface area contributed by atoms with Crippen molar-refractivity contribution in [2.45, 2.75) is 78.7 Å². The van der Waals surface area contributed by atoms with E-state index in [9.17, 15) is 4.79 Å². The van der Waals surface area contributed by atoms with Gasteiger partial charge in [-0.25, -0.2) is 0 Å². The largest absolute Gasteiger partial charge is 0.392 e. The van der Waals surface area contributed by atoms with Gasteiger partial charge in [-0.3, -0.25) is 4.79 Å². The first-order valence-corrected chi connectivity index (χ1v) is 8.87. The van der Waals surface area contributed by atoms with E-state index in [1.807, 2.05) is 0 Å². The van der Waals surface area contributed by atoms with Crippen molar-refractivity contribution in [2.75, 3.05) is 0 Å². The van der Waals surface area contributed by atoms with Crippen molar-refractivity contribution in [2.24, 2.45) is 23.0 Å². The normalized spacial score (nSPS) is 26.4. The van der Waals surface area contributed by atoms with Crippen LogP contribution in [0, 0.1) is 17.3 Å². The number of carbonyl (C=O) groups is 1. The third-order valence-electron chi connectivity index (χ3n) is 4.77. The molecule has 21 heavy (non-hydrogen) atoms. The van der Waals surface area contributed by atoms with Crippen LogP contribution in [0.3, 0.4) is 0 Å². The Bertz CT molecular complexity index is 354. The van der Waals surface area contributed by atoms with Gasteiger partial charge in [0.25, 0.3) is 0 Å². The molecule has 1 fully saturated rings. The fourth-order valence-corrected chi connectivity index (χ4v) is 4.25. The molecule has 0 radical (unpaired) electrons. The second kappa shape index (κ2) is 8.11. The molecule has 0 aromatic heterocycles. The average molecular weight is 313 g/mol. The van der Waals surface area contributed by atoms with Crippen LogP contribution in [-0.2, 0) is 4.79 Å². The lowest BCUT2D eigenvalue weighted by Gasteiger charge is -2.36. The zero-order valence-electron chi connectivity index (χ0n) is 14.1. The molecule has 122 valence electrons. The Morgan fingerprint density at radius 2 is 1.62 bits per heavy atom. The van der Waals surface area contributed by atoms with E-state index < -0.39 is 5.41 Å². The number of thiocarbonyl (C=S) groups is 1. The zero-order chi connectivity index (χ0) is 16.0. The van der Waals surface area contributed by atoms with Gasteiger partial charge in [0.2, 0.25) is 5.91 Å². The molecule has 0 aromatic carbocycles. The Morgan fingerprint density at radius 1 is 1.14 bits per heavy atom. The van der Waals surface area contributed by atoms with Crippen LogP contribution >= 0.6 is 12.2 Å². The monoisotopic (exact) mass is 312 g/mol. The third-order valence-corrected chi connectivity index (χ3v) is 5.16. The lowest BCUT2D eigenvalue weighted by Crippen LogP contribution is -2.52. The summed E-state index contributed by atoms with van der Waals surface area (Å²) in [7, 11) is 0. The van der Waals surface area contributed by atoms with Gasteiger partial charge in [0.15, 0.2) is 0 Å². The van der Waals surface area contributed by atoms with Crippen molar-refractivity contribution in [1.29, 1.82) is 0 Å². The summed E-state index contributed by atoms with van der Waals surface area (Å²) in [6, 6.07) is 0.277. The maximum atomic E-state index is 12.9. The summed E-state index contributed by atoms with van der Waals surface area (Å²) in [6.45, 7) is 8.71. The van der Waals surface area contributed by atoms with Crippen LogP contribution in [0.2, 0.25) is 0 Å². The van der Waals surface area contributed by atoms with Gasteiger partial charge in [-0.2, -0.15) is 0 Å². The van der Waals surface area contributed by atoms with Crippen LogP contribution in [0.4, 0.5) is 0 Å². The molecule has 1 amide bonds. The number of nitrogens with one attached hydrogen (secondary N) is 1. The highest BCUT2D eigenvalue weighted by molar-refractivity contribution is 7.80. The minimum Gasteiger partial charge on any atom is -0.392 e. The Labute approximate surface area is 135 Å². The molecular weight excluding hydrogens is 280 g/mol. The summed E-state index contributed by atoms with van der Waals surface area (Å²) in [6.07, 6.45) is 6.74. The van der Waals surface area contributed by atoms with Crippen molar-refractivity contribution < 1.29 is 4.79 Å². The maximum absolute atomic E-state index is 12.9.